The third kappa shape index (κ3) is 5.84. The van der Waals surface area contributed by atoms with Crippen molar-refractivity contribution in [3.8, 4) is 22.3 Å². The Kier molecular flexibility index (Phi) is 8.47. The monoisotopic (exact) mass is 610 g/mol. The molecule has 0 saturated carbocycles. The number of aryl methyl sites for hydroxylation is 3. The number of likely N-dealkylation sites (tertiary alicyclic amines) is 1. The Morgan fingerprint density at radius 2 is 1.70 bits per heavy atom. The summed E-state index contributed by atoms with van der Waals surface area (Å²) in [5, 5.41) is 4.39. The molecule has 226 valence electrons. The van der Waals surface area contributed by atoms with Crippen LogP contribution in [0.2, 0.25) is 5.02 Å². The SMILES string of the molecule is CCN1CCC(c2ccc(Nc3ncc4cc(-c5ccc(-c6ccc(C)nc6F)cc5Cl)c(=O)n(CC)c4n3)cc2C)CC1. The van der Waals surface area contributed by atoms with Crippen LogP contribution in [0.15, 0.2) is 65.6 Å². The van der Waals surface area contributed by atoms with E-state index in [1.165, 1.54) is 24.0 Å². The second-order valence-electron chi connectivity index (χ2n) is 11.5. The Morgan fingerprint density at radius 1 is 0.932 bits per heavy atom. The van der Waals surface area contributed by atoms with Gasteiger partial charge in [-0.2, -0.15) is 9.37 Å². The van der Waals surface area contributed by atoms with Crippen molar-refractivity contribution in [1.29, 1.82) is 0 Å². The highest BCUT2D eigenvalue weighted by atomic mass is 35.5. The number of aromatic nitrogens is 4. The second kappa shape index (κ2) is 12.5. The standard InChI is InChI=1S/C35H36ClFN6O/c1-5-42-15-13-23(14-16-42)27-12-9-26(17-21(27)3)40-35-38-20-25-18-30(34(44)43(6-2)33(25)41-35)29-11-8-24(19-31(29)36)28-10-7-22(4)39-32(28)37/h7-12,17-20,23H,5-6,13-16H2,1-4H3,(H,38,40,41). The van der Waals surface area contributed by atoms with Crippen LogP contribution in [-0.2, 0) is 6.54 Å². The molecule has 2 aromatic carbocycles. The molecule has 0 bridgehead atoms. The third-order valence-corrected chi connectivity index (χ3v) is 9.01. The molecular formula is C35H36ClFN6O. The largest absolute Gasteiger partial charge is 0.324 e. The van der Waals surface area contributed by atoms with Gasteiger partial charge >= 0.3 is 0 Å². The number of halogens is 2. The fourth-order valence-corrected chi connectivity index (χ4v) is 6.53. The number of fused-ring (bicyclic) bond motifs is 1. The first-order valence-corrected chi connectivity index (χ1v) is 15.6. The highest BCUT2D eigenvalue weighted by Crippen LogP contribution is 2.34. The van der Waals surface area contributed by atoms with Crippen LogP contribution in [0.1, 0.15) is 49.4 Å². The topological polar surface area (TPSA) is 75.9 Å². The van der Waals surface area contributed by atoms with E-state index in [4.69, 9.17) is 16.6 Å². The summed E-state index contributed by atoms with van der Waals surface area (Å²) in [6, 6.07) is 16.8. The Bertz CT molecular complexity index is 1910. The molecule has 0 aliphatic carbocycles. The minimum atomic E-state index is -0.562. The van der Waals surface area contributed by atoms with E-state index >= 15 is 0 Å². The number of hydrogen-bond donors (Lipinski definition) is 1. The lowest BCUT2D eigenvalue weighted by molar-refractivity contribution is 0.222. The number of anilines is 2. The van der Waals surface area contributed by atoms with Crippen molar-refractivity contribution in [2.24, 2.45) is 0 Å². The summed E-state index contributed by atoms with van der Waals surface area (Å²) in [6.07, 6.45) is 4.09. The summed E-state index contributed by atoms with van der Waals surface area (Å²) >= 11 is 6.68. The molecule has 1 aliphatic heterocycles. The van der Waals surface area contributed by atoms with Crippen molar-refractivity contribution in [3.63, 3.8) is 0 Å². The van der Waals surface area contributed by atoms with Gasteiger partial charge in [-0.05, 0) is 112 Å². The van der Waals surface area contributed by atoms with Gasteiger partial charge < -0.3 is 10.2 Å². The summed E-state index contributed by atoms with van der Waals surface area (Å²) in [4.78, 5) is 29.4. The van der Waals surface area contributed by atoms with Crippen molar-refractivity contribution < 1.29 is 4.39 Å². The number of hydrogen-bond acceptors (Lipinski definition) is 6. The first-order valence-electron chi connectivity index (χ1n) is 15.2. The van der Waals surface area contributed by atoms with E-state index in [1.54, 1.807) is 54.1 Å². The van der Waals surface area contributed by atoms with E-state index in [2.05, 4.69) is 52.2 Å². The van der Waals surface area contributed by atoms with Crippen molar-refractivity contribution in [2.75, 3.05) is 25.0 Å². The van der Waals surface area contributed by atoms with Crippen molar-refractivity contribution in [1.82, 2.24) is 24.4 Å². The Hall–Kier alpha value is -4.14. The molecule has 9 heteroatoms. The summed E-state index contributed by atoms with van der Waals surface area (Å²) in [6.45, 7) is 11.9. The minimum absolute atomic E-state index is 0.211. The number of benzene rings is 2. The number of nitrogens with zero attached hydrogens (tertiary/aromatic N) is 5. The molecule has 0 unspecified atom stereocenters. The smallest absolute Gasteiger partial charge is 0.260 e. The molecule has 6 rings (SSSR count). The van der Waals surface area contributed by atoms with Crippen molar-refractivity contribution >= 4 is 34.3 Å². The van der Waals surface area contributed by atoms with Crippen LogP contribution in [0.25, 0.3) is 33.3 Å². The van der Waals surface area contributed by atoms with Crippen LogP contribution in [0, 0.1) is 19.8 Å². The van der Waals surface area contributed by atoms with E-state index in [-0.39, 0.29) is 5.56 Å². The normalized spacial score (nSPS) is 14.3. The molecule has 1 fully saturated rings. The van der Waals surface area contributed by atoms with Crippen molar-refractivity contribution in [2.45, 2.75) is 53.0 Å². The number of nitrogens with one attached hydrogen (secondary N) is 1. The number of piperidine rings is 1. The van der Waals surface area contributed by atoms with Gasteiger partial charge in [0.1, 0.15) is 5.65 Å². The summed E-state index contributed by atoms with van der Waals surface area (Å²) in [5.41, 5.74) is 6.42. The van der Waals surface area contributed by atoms with E-state index < -0.39 is 5.95 Å². The van der Waals surface area contributed by atoms with Crippen LogP contribution in [0.5, 0.6) is 0 Å². The zero-order valence-electron chi connectivity index (χ0n) is 25.5. The molecule has 1 aliphatic rings. The van der Waals surface area contributed by atoms with E-state index in [0.717, 1.165) is 25.3 Å². The lowest BCUT2D eigenvalue weighted by Gasteiger charge is -2.32. The maximum absolute atomic E-state index is 14.5. The first kappa shape index (κ1) is 29.9. The number of pyridine rings is 2. The fraction of sp³-hybridized carbons (Fsp3) is 0.314. The van der Waals surface area contributed by atoms with Gasteiger partial charge in [-0.1, -0.05) is 36.7 Å². The predicted molar refractivity (Wildman–Crippen MR) is 176 cm³/mol. The fourth-order valence-electron chi connectivity index (χ4n) is 6.25. The Labute approximate surface area is 261 Å². The number of rotatable bonds is 7. The maximum Gasteiger partial charge on any atom is 0.260 e. The van der Waals surface area contributed by atoms with E-state index in [0.29, 0.717) is 62.4 Å². The molecule has 5 aromatic rings. The average molecular weight is 611 g/mol. The van der Waals surface area contributed by atoms with Crippen LogP contribution in [-0.4, -0.2) is 44.1 Å². The van der Waals surface area contributed by atoms with Crippen LogP contribution >= 0.6 is 11.6 Å². The third-order valence-electron chi connectivity index (χ3n) is 8.70. The zero-order valence-corrected chi connectivity index (χ0v) is 26.2. The minimum Gasteiger partial charge on any atom is -0.324 e. The molecule has 0 amide bonds. The predicted octanol–water partition coefficient (Wildman–Crippen LogP) is 7.89. The molecule has 3 aromatic heterocycles. The average Bonchev–Trinajstić information content (AvgIpc) is 3.01. The lowest BCUT2D eigenvalue weighted by atomic mass is 9.86. The van der Waals surface area contributed by atoms with Gasteiger partial charge in [-0.15, -0.1) is 0 Å². The van der Waals surface area contributed by atoms with Gasteiger partial charge in [-0.3, -0.25) is 9.36 Å². The first-order chi connectivity index (χ1) is 21.2. The molecule has 1 N–H and O–H groups in total. The summed E-state index contributed by atoms with van der Waals surface area (Å²) in [7, 11) is 0. The molecule has 4 heterocycles. The van der Waals surface area contributed by atoms with Gasteiger partial charge in [0, 0.05) is 51.2 Å². The van der Waals surface area contributed by atoms with Gasteiger partial charge in [0.25, 0.3) is 5.56 Å². The molecule has 0 spiro atoms. The van der Waals surface area contributed by atoms with Gasteiger partial charge in [0.05, 0.1) is 0 Å². The summed E-state index contributed by atoms with van der Waals surface area (Å²) < 4.78 is 16.1. The van der Waals surface area contributed by atoms with E-state index in [9.17, 15) is 9.18 Å². The Balaban J connectivity index is 1.28. The lowest BCUT2D eigenvalue weighted by Crippen LogP contribution is -2.32. The molecule has 44 heavy (non-hydrogen) atoms. The van der Waals surface area contributed by atoms with Crippen LogP contribution < -0.4 is 10.9 Å². The van der Waals surface area contributed by atoms with Crippen LogP contribution in [0.3, 0.4) is 0 Å². The van der Waals surface area contributed by atoms with Gasteiger partial charge in [-0.25, -0.2) is 9.97 Å². The van der Waals surface area contributed by atoms with Gasteiger partial charge in [0.2, 0.25) is 11.9 Å². The maximum atomic E-state index is 14.5. The highest BCUT2D eigenvalue weighted by Gasteiger charge is 2.21. The molecule has 1 saturated heterocycles. The van der Waals surface area contributed by atoms with E-state index in [1.807, 2.05) is 6.92 Å². The second-order valence-corrected chi connectivity index (χ2v) is 11.9. The molecule has 7 nitrogen and oxygen atoms in total. The van der Waals surface area contributed by atoms with Crippen LogP contribution in [0.4, 0.5) is 16.0 Å². The molecule has 0 atom stereocenters. The van der Waals surface area contributed by atoms with Crippen molar-refractivity contribution in [3.05, 3.63) is 98.9 Å². The zero-order chi connectivity index (χ0) is 31.0. The Morgan fingerprint density at radius 3 is 2.39 bits per heavy atom. The molecule has 0 radical (unpaired) electrons. The highest BCUT2D eigenvalue weighted by molar-refractivity contribution is 6.33. The molecular weight excluding hydrogens is 575 g/mol. The quantitative estimate of drug-likeness (QED) is 0.189. The van der Waals surface area contributed by atoms with Gasteiger partial charge in [0.15, 0.2) is 0 Å². The summed E-state index contributed by atoms with van der Waals surface area (Å²) in [5.74, 6) is 0.446.